The Hall–Kier alpha value is -2.85. The average molecular weight is 339 g/mol. The van der Waals surface area contributed by atoms with E-state index in [0.717, 1.165) is 16.3 Å². The molecule has 0 aliphatic heterocycles. The van der Waals surface area contributed by atoms with Crippen molar-refractivity contribution < 1.29 is 9.90 Å². The zero-order chi connectivity index (χ0) is 17.1. The van der Waals surface area contributed by atoms with Crippen molar-refractivity contribution in [2.45, 2.75) is 6.92 Å². The summed E-state index contributed by atoms with van der Waals surface area (Å²) in [6, 6.07) is 16.1. The Morgan fingerprint density at radius 3 is 2.75 bits per heavy atom. The SMILES string of the molecule is Cc1ccc(C(=O)N/N=C/c2c(O)ccc3ccccc23)cc1Cl. The predicted octanol–water partition coefficient (Wildman–Crippen LogP) is 4.27. The minimum absolute atomic E-state index is 0.102. The van der Waals surface area contributed by atoms with E-state index >= 15 is 0 Å². The lowest BCUT2D eigenvalue weighted by atomic mass is 10.0. The number of carbonyl (C=O) groups is 1. The molecule has 3 aromatic carbocycles. The highest BCUT2D eigenvalue weighted by molar-refractivity contribution is 6.31. The number of rotatable bonds is 3. The Bertz CT molecular complexity index is 951. The molecule has 0 aliphatic carbocycles. The number of carbonyl (C=O) groups excluding carboxylic acids is 1. The number of hydrogen-bond donors (Lipinski definition) is 2. The highest BCUT2D eigenvalue weighted by atomic mass is 35.5. The fourth-order valence-electron chi connectivity index (χ4n) is 2.37. The lowest BCUT2D eigenvalue weighted by Gasteiger charge is -2.05. The second-order valence-corrected chi connectivity index (χ2v) is 5.79. The highest BCUT2D eigenvalue weighted by Gasteiger charge is 2.07. The van der Waals surface area contributed by atoms with Crippen molar-refractivity contribution in [3.05, 3.63) is 76.3 Å². The Labute approximate surface area is 144 Å². The first-order valence-corrected chi connectivity index (χ1v) is 7.74. The molecule has 4 nitrogen and oxygen atoms in total. The third-order valence-corrected chi connectivity index (χ3v) is 4.15. The lowest BCUT2D eigenvalue weighted by molar-refractivity contribution is 0.0955. The third kappa shape index (κ3) is 3.24. The number of phenols is 1. The van der Waals surface area contributed by atoms with Gasteiger partial charge in [0.2, 0.25) is 0 Å². The van der Waals surface area contributed by atoms with Crippen molar-refractivity contribution in [2.75, 3.05) is 0 Å². The van der Waals surface area contributed by atoms with E-state index in [4.69, 9.17) is 11.6 Å². The van der Waals surface area contributed by atoms with Gasteiger partial charge in [0.25, 0.3) is 5.91 Å². The number of aryl methyl sites for hydroxylation is 1. The van der Waals surface area contributed by atoms with Gasteiger partial charge < -0.3 is 5.11 Å². The smallest absolute Gasteiger partial charge is 0.271 e. The van der Waals surface area contributed by atoms with Crippen molar-refractivity contribution in [1.29, 1.82) is 0 Å². The van der Waals surface area contributed by atoms with Crippen molar-refractivity contribution in [2.24, 2.45) is 5.10 Å². The second kappa shape index (κ2) is 6.72. The van der Waals surface area contributed by atoms with Gasteiger partial charge in [0.1, 0.15) is 5.75 Å². The van der Waals surface area contributed by atoms with E-state index in [9.17, 15) is 9.90 Å². The molecule has 1 amide bonds. The molecule has 0 aromatic heterocycles. The van der Waals surface area contributed by atoms with Crippen LogP contribution >= 0.6 is 11.6 Å². The van der Waals surface area contributed by atoms with Crippen molar-refractivity contribution in [3.8, 4) is 5.75 Å². The summed E-state index contributed by atoms with van der Waals surface area (Å²) in [4.78, 5) is 12.1. The van der Waals surface area contributed by atoms with E-state index in [2.05, 4.69) is 10.5 Å². The second-order valence-electron chi connectivity index (χ2n) is 5.38. The molecule has 3 aromatic rings. The number of amides is 1. The third-order valence-electron chi connectivity index (χ3n) is 3.74. The minimum Gasteiger partial charge on any atom is -0.507 e. The molecule has 0 unspecified atom stereocenters. The van der Waals surface area contributed by atoms with Gasteiger partial charge >= 0.3 is 0 Å². The summed E-state index contributed by atoms with van der Waals surface area (Å²) >= 11 is 6.02. The maximum Gasteiger partial charge on any atom is 0.271 e. The number of hydrogen-bond acceptors (Lipinski definition) is 3. The number of benzene rings is 3. The molecule has 3 rings (SSSR count). The number of aromatic hydroxyl groups is 1. The van der Waals surface area contributed by atoms with Gasteiger partial charge in [0.15, 0.2) is 0 Å². The largest absolute Gasteiger partial charge is 0.507 e. The summed E-state index contributed by atoms with van der Waals surface area (Å²) in [5.74, 6) is -0.266. The van der Waals surface area contributed by atoms with E-state index < -0.39 is 0 Å². The van der Waals surface area contributed by atoms with Crippen LogP contribution in [-0.4, -0.2) is 17.2 Å². The number of nitrogens with one attached hydrogen (secondary N) is 1. The van der Waals surface area contributed by atoms with E-state index in [1.165, 1.54) is 6.21 Å². The quantitative estimate of drug-likeness (QED) is 0.553. The first-order chi connectivity index (χ1) is 11.6. The van der Waals surface area contributed by atoms with Crippen LogP contribution in [0.5, 0.6) is 5.75 Å². The predicted molar refractivity (Wildman–Crippen MR) is 96.9 cm³/mol. The summed E-state index contributed by atoms with van der Waals surface area (Å²) in [6.07, 6.45) is 1.44. The lowest BCUT2D eigenvalue weighted by Crippen LogP contribution is -2.17. The molecule has 0 bridgehead atoms. The molecule has 0 radical (unpaired) electrons. The molecule has 0 heterocycles. The maximum absolute atomic E-state index is 12.1. The molecule has 24 heavy (non-hydrogen) atoms. The summed E-state index contributed by atoms with van der Waals surface area (Å²) in [5, 5.41) is 16.4. The van der Waals surface area contributed by atoms with Crippen LogP contribution in [0.3, 0.4) is 0 Å². The van der Waals surface area contributed by atoms with Gasteiger partial charge in [0.05, 0.1) is 6.21 Å². The Morgan fingerprint density at radius 2 is 1.96 bits per heavy atom. The first kappa shape index (κ1) is 16.0. The average Bonchev–Trinajstić information content (AvgIpc) is 2.59. The molecular weight excluding hydrogens is 324 g/mol. The van der Waals surface area contributed by atoms with Gasteiger partial charge in [-0.1, -0.05) is 48.0 Å². The van der Waals surface area contributed by atoms with Crippen LogP contribution in [0.1, 0.15) is 21.5 Å². The normalized spacial score (nSPS) is 11.1. The number of fused-ring (bicyclic) bond motifs is 1. The van der Waals surface area contributed by atoms with Gasteiger partial charge in [0, 0.05) is 16.1 Å². The van der Waals surface area contributed by atoms with Crippen LogP contribution in [0.15, 0.2) is 59.7 Å². The molecular formula is C19H15ClN2O2. The monoisotopic (exact) mass is 338 g/mol. The minimum atomic E-state index is -0.368. The molecule has 0 saturated heterocycles. The maximum atomic E-state index is 12.1. The Morgan fingerprint density at radius 1 is 1.17 bits per heavy atom. The molecule has 0 atom stereocenters. The van der Waals surface area contributed by atoms with Crippen LogP contribution in [-0.2, 0) is 0 Å². The van der Waals surface area contributed by atoms with Gasteiger partial charge in [-0.05, 0) is 41.5 Å². The van der Waals surface area contributed by atoms with E-state index in [0.29, 0.717) is 16.1 Å². The van der Waals surface area contributed by atoms with Gasteiger partial charge in [-0.15, -0.1) is 0 Å². The van der Waals surface area contributed by atoms with Gasteiger partial charge in [-0.3, -0.25) is 4.79 Å². The fraction of sp³-hybridized carbons (Fsp3) is 0.0526. The number of halogens is 1. The van der Waals surface area contributed by atoms with E-state index in [1.54, 1.807) is 24.3 Å². The van der Waals surface area contributed by atoms with Gasteiger partial charge in [-0.25, -0.2) is 5.43 Å². The van der Waals surface area contributed by atoms with E-state index in [1.807, 2.05) is 37.3 Å². The Kier molecular flexibility index (Phi) is 4.49. The number of phenolic OH excluding ortho intramolecular Hbond substituents is 1. The molecule has 0 saturated carbocycles. The number of hydrazone groups is 1. The molecule has 0 aliphatic rings. The van der Waals surface area contributed by atoms with Crippen LogP contribution in [0.25, 0.3) is 10.8 Å². The molecule has 0 fully saturated rings. The van der Waals surface area contributed by atoms with Crippen LogP contribution in [0.2, 0.25) is 5.02 Å². The summed E-state index contributed by atoms with van der Waals surface area (Å²) < 4.78 is 0. The zero-order valence-electron chi connectivity index (χ0n) is 13.0. The van der Waals surface area contributed by atoms with Crippen LogP contribution in [0.4, 0.5) is 0 Å². The first-order valence-electron chi connectivity index (χ1n) is 7.36. The van der Waals surface area contributed by atoms with E-state index in [-0.39, 0.29) is 11.7 Å². The summed E-state index contributed by atoms with van der Waals surface area (Å²) in [5.41, 5.74) is 4.32. The Balaban J connectivity index is 1.83. The van der Waals surface area contributed by atoms with Crippen molar-refractivity contribution >= 4 is 34.5 Å². The molecule has 120 valence electrons. The van der Waals surface area contributed by atoms with Crippen LogP contribution < -0.4 is 5.43 Å². The molecule has 5 heteroatoms. The molecule has 2 N–H and O–H groups in total. The number of nitrogens with zero attached hydrogens (tertiary/aromatic N) is 1. The summed E-state index contributed by atoms with van der Waals surface area (Å²) in [6.45, 7) is 1.87. The standard InChI is InChI=1S/C19H15ClN2O2/c1-12-6-7-14(10-17(12)20)19(24)22-21-11-16-15-5-3-2-4-13(15)8-9-18(16)23/h2-11,23H,1H3,(H,22,24)/b21-11+. The highest BCUT2D eigenvalue weighted by Crippen LogP contribution is 2.25. The topological polar surface area (TPSA) is 61.7 Å². The summed E-state index contributed by atoms with van der Waals surface area (Å²) in [7, 11) is 0. The van der Waals surface area contributed by atoms with Crippen molar-refractivity contribution in [3.63, 3.8) is 0 Å². The van der Waals surface area contributed by atoms with Crippen molar-refractivity contribution in [1.82, 2.24) is 5.43 Å². The molecule has 0 spiro atoms. The zero-order valence-corrected chi connectivity index (χ0v) is 13.7. The fourth-order valence-corrected chi connectivity index (χ4v) is 2.55. The van der Waals surface area contributed by atoms with Crippen LogP contribution in [0, 0.1) is 6.92 Å². The van der Waals surface area contributed by atoms with Gasteiger partial charge in [-0.2, -0.15) is 5.10 Å².